The third-order valence-corrected chi connectivity index (χ3v) is 5.60. The normalized spacial score (nSPS) is 24.1. The molecule has 5 heteroatoms. The predicted octanol–water partition coefficient (Wildman–Crippen LogP) is 2.82. The highest BCUT2D eigenvalue weighted by molar-refractivity contribution is 7.98. The molecule has 1 aliphatic carbocycles. The first kappa shape index (κ1) is 17.6. The van der Waals surface area contributed by atoms with Crippen LogP contribution in [0.4, 0.5) is 0 Å². The fourth-order valence-corrected chi connectivity index (χ4v) is 4.01. The Morgan fingerprint density at radius 3 is 2.64 bits per heavy atom. The fourth-order valence-electron chi connectivity index (χ4n) is 3.58. The molecule has 0 aromatic rings. The van der Waals surface area contributed by atoms with Crippen LogP contribution >= 0.6 is 11.8 Å². The van der Waals surface area contributed by atoms with E-state index < -0.39 is 0 Å². The van der Waals surface area contributed by atoms with E-state index in [1.165, 1.54) is 25.7 Å². The van der Waals surface area contributed by atoms with Gasteiger partial charge in [-0.1, -0.05) is 25.7 Å². The van der Waals surface area contributed by atoms with E-state index >= 15 is 0 Å². The molecule has 1 unspecified atom stereocenters. The lowest BCUT2D eigenvalue weighted by Crippen LogP contribution is -2.50. The van der Waals surface area contributed by atoms with Crippen LogP contribution in [0.3, 0.4) is 0 Å². The monoisotopic (exact) mass is 326 g/mol. The highest BCUT2D eigenvalue weighted by Gasteiger charge is 2.34. The number of nitrogens with zero attached hydrogens (tertiary/aromatic N) is 1. The van der Waals surface area contributed by atoms with Crippen molar-refractivity contribution in [3.63, 3.8) is 0 Å². The number of carbonyl (C=O) groups is 2. The Labute approximate surface area is 138 Å². The van der Waals surface area contributed by atoms with Gasteiger partial charge >= 0.3 is 0 Å². The summed E-state index contributed by atoms with van der Waals surface area (Å²) in [6, 6.07) is 0.377. The SMILES string of the molecule is CSCCCNC(=O)C1CCC(=O)N(C2CCCCCC2)C1. The highest BCUT2D eigenvalue weighted by Crippen LogP contribution is 2.27. The Morgan fingerprint density at radius 2 is 1.95 bits per heavy atom. The van der Waals surface area contributed by atoms with Gasteiger partial charge in [-0.25, -0.2) is 0 Å². The van der Waals surface area contributed by atoms with E-state index in [2.05, 4.69) is 11.6 Å². The van der Waals surface area contributed by atoms with Crippen molar-refractivity contribution in [1.82, 2.24) is 10.2 Å². The maximum absolute atomic E-state index is 12.3. The minimum Gasteiger partial charge on any atom is -0.356 e. The third-order valence-electron chi connectivity index (χ3n) is 4.90. The summed E-state index contributed by atoms with van der Waals surface area (Å²) in [5, 5.41) is 3.05. The number of thioether (sulfide) groups is 1. The van der Waals surface area contributed by atoms with Gasteiger partial charge in [-0.05, 0) is 37.7 Å². The second kappa shape index (κ2) is 9.43. The van der Waals surface area contributed by atoms with Gasteiger partial charge in [0.05, 0.1) is 5.92 Å². The van der Waals surface area contributed by atoms with E-state index in [0.29, 0.717) is 19.0 Å². The molecule has 1 saturated carbocycles. The number of piperidine rings is 1. The summed E-state index contributed by atoms with van der Waals surface area (Å²) in [7, 11) is 0. The fraction of sp³-hybridized carbons (Fsp3) is 0.882. The Bertz CT molecular complexity index is 368. The Kier molecular flexibility index (Phi) is 7.56. The van der Waals surface area contributed by atoms with Crippen molar-refractivity contribution in [2.75, 3.05) is 25.1 Å². The third kappa shape index (κ3) is 5.18. The lowest BCUT2D eigenvalue weighted by Gasteiger charge is -2.37. The molecule has 0 radical (unpaired) electrons. The largest absolute Gasteiger partial charge is 0.356 e. The van der Waals surface area contributed by atoms with E-state index in [1.54, 1.807) is 11.8 Å². The first-order chi connectivity index (χ1) is 10.7. The van der Waals surface area contributed by atoms with Crippen LogP contribution in [0.5, 0.6) is 0 Å². The summed E-state index contributed by atoms with van der Waals surface area (Å²) in [5.41, 5.74) is 0. The molecular weight excluding hydrogens is 296 g/mol. The molecule has 2 aliphatic rings. The molecule has 1 heterocycles. The van der Waals surface area contributed by atoms with Gasteiger partial charge in [-0.15, -0.1) is 0 Å². The van der Waals surface area contributed by atoms with Gasteiger partial charge in [0.2, 0.25) is 11.8 Å². The summed E-state index contributed by atoms with van der Waals surface area (Å²) < 4.78 is 0. The van der Waals surface area contributed by atoms with Gasteiger partial charge in [0.15, 0.2) is 0 Å². The maximum atomic E-state index is 12.3. The molecule has 2 fully saturated rings. The topological polar surface area (TPSA) is 49.4 Å². The van der Waals surface area contributed by atoms with Crippen LogP contribution in [0.25, 0.3) is 0 Å². The lowest BCUT2D eigenvalue weighted by atomic mass is 9.93. The van der Waals surface area contributed by atoms with Crippen molar-refractivity contribution < 1.29 is 9.59 Å². The summed E-state index contributed by atoms with van der Waals surface area (Å²) in [6.45, 7) is 1.39. The lowest BCUT2D eigenvalue weighted by molar-refractivity contribution is -0.141. The molecule has 0 spiro atoms. The molecule has 2 amide bonds. The molecule has 1 saturated heterocycles. The summed E-state index contributed by atoms with van der Waals surface area (Å²) >= 11 is 1.81. The Hall–Kier alpha value is -0.710. The van der Waals surface area contributed by atoms with Gasteiger partial charge in [0, 0.05) is 25.6 Å². The number of amides is 2. The Balaban J connectivity index is 1.84. The number of hydrogen-bond acceptors (Lipinski definition) is 3. The van der Waals surface area contributed by atoms with Crippen molar-refractivity contribution in [1.29, 1.82) is 0 Å². The van der Waals surface area contributed by atoms with E-state index in [4.69, 9.17) is 0 Å². The van der Waals surface area contributed by atoms with E-state index in [0.717, 1.165) is 38.0 Å². The first-order valence-electron chi connectivity index (χ1n) is 8.78. The van der Waals surface area contributed by atoms with Gasteiger partial charge in [0.25, 0.3) is 0 Å². The minimum absolute atomic E-state index is 0.00441. The molecule has 126 valence electrons. The summed E-state index contributed by atoms with van der Waals surface area (Å²) in [4.78, 5) is 26.6. The van der Waals surface area contributed by atoms with Gasteiger partial charge in [-0.2, -0.15) is 11.8 Å². The second-order valence-corrected chi connectivity index (χ2v) is 7.55. The standard InChI is InChI=1S/C17H30N2O2S/c1-22-12-6-11-18-17(21)14-9-10-16(20)19(13-14)15-7-4-2-3-5-8-15/h14-15H,2-13H2,1H3,(H,18,21). The van der Waals surface area contributed by atoms with Crippen LogP contribution in [0.2, 0.25) is 0 Å². The molecule has 0 aromatic heterocycles. The number of nitrogens with one attached hydrogen (secondary N) is 1. The average Bonchev–Trinajstić information content (AvgIpc) is 2.81. The molecular formula is C17H30N2O2S. The zero-order valence-electron chi connectivity index (χ0n) is 13.8. The molecule has 0 aromatic carbocycles. The van der Waals surface area contributed by atoms with Gasteiger partial charge < -0.3 is 10.2 Å². The number of carbonyl (C=O) groups excluding carboxylic acids is 2. The van der Waals surface area contributed by atoms with Gasteiger partial charge in [0.1, 0.15) is 0 Å². The average molecular weight is 327 g/mol. The highest BCUT2D eigenvalue weighted by atomic mass is 32.2. The zero-order chi connectivity index (χ0) is 15.8. The van der Waals surface area contributed by atoms with Crippen LogP contribution in [0.1, 0.15) is 57.8 Å². The van der Waals surface area contributed by atoms with E-state index in [9.17, 15) is 9.59 Å². The smallest absolute Gasteiger partial charge is 0.224 e. The van der Waals surface area contributed by atoms with Crippen molar-refractivity contribution in [2.45, 2.75) is 63.8 Å². The molecule has 22 heavy (non-hydrogen) atoms. The van der Waals surface area contributed by atoms with Crippen LogP contribution in [0.15, 0.2) is 0 Å². The second-order valence-electron chi connectivity index (χ2n) is 6.56. The molecule has 1 N–H and O–H groups in total. The number of likely N-dealkylation sites (tertiary alicyclic amines) is 1. The number of hydrogen-bond donors (Lipinski definition) is 1. The first-order valence-corrected chi connectivity index (χ1v) is 10.2. The molecule has 1 aliphatic heterocycles. The summed E-state index contributed by atoms with van der Waals surface area (Å²) in [6.07, 6.45) is 11.6. The number of rotatable bonds is 6. The van der Waals surface area contributed by atoms with Crippen LogP contribution in [0, 0.1) is 5.92 Å². The Morgan fingerprint density at radius 1 is 1.23 bits per heavy atom. The molecule has 2 rings (SSSR count). The molecule has 4 nitrogen and oxygen atoms in total. The van der Waals surface area contributed by atoms with Crippen LogP contribution in [-0.4, -0.2) is 47.9 Å². The molecule has 0 bridgehead atoms. The van der Waals surface area contributed by atoms with Crippen molar-refractivity contribution in [3.05, 3.63) is 0 Å². The van der Waals surface area contributed by atoms with Crippen molar-refractivity contribution >= 4 is 23.6 Å². The van der Waals surface area contributed by atoms with Crippen LogP contribution < -0.4 is 5.32 Å². The summed E-state index contributed by atoms with van der Waals surface area (Å²) in [5.74, 6) is 1.48. The quantitative estimate of drug-likeness (QED) is 0.603. The minimum atomic E-state index is -0.00441. The molecule has 1 atom stereocenters. The van der Waals surface area contributed by atoms with E-state index in [1.807, 2.05) is 4.90 Å². The van der Waals surface area contributed by atoms with Crippen molar-refractivity contribution in [2.24, 2.45) is 5.92 Å². The van der Waals surface area contributed by atoms with Crippen LogP contribution in [-0.2, 0) is 9.59 Å². The maximum Gasteiger partial charge on any atom is 0.224 e. The zero-order valence-corrected chi connectivity index (χ0v) is 14.6. The van der Waals surface area contributed by atoms with Gasteiger partial charge in [-0.3, -0.25) is 9.59 Å². The predicted molar refractivity (Wildman–Crippen MR) is 91.9 cm³/mol. The van der Waals surface area contributed by atoms with Crippen molar-refractivity contribution in [3.8, 4) is 0 Å². The van der Waals surface area contributed by atoms with E-state index in [-0.39, 0.29) is 17.7 Å².